The highest BCUT2D eigenvalue weighted by atomic mass is 32.2. The average Bonchev–Trinajstić information content (AvgIpc) is 2.85. The van der Waals surface area contributed by atoms with Crippen LogP contribution in [0.3, 0.4) is 0 Å². The lowest BCUT2D eigenvalue weighted by Crippen LogP contribution is -2.28. The Bertz CT molecular complexity index is 850. The van der Waals surface area contributed by atoms with Crippen molar-refractivity contribution in [3.05, 3.63) is 40.3 Å². The van der Waals surface area contributed by atoms with E-state index in [-0.39, 0.29) is 16.6 Å². The number of aromatic nitrogens is 1. The summed E-state index contributed by atoms with van der Waals surface area (Å²) in [6, 6.07) is 3.56. The van der Waals surface area contributed by atoms with Crippen LogP contribution >= 0.6 is 0 Å². The summed E-state index contributed by atoms with van der Waals surface area (Å²) in [5, 5.41) is 3.73. The van der Waals surface area contributed by atoms with Crippen molar-refractivity contribution in [1.29, 1.82) is 0 Å². The molecule has 6 nitrogen and oxygen atoms in total. The Labute approximate surface area is 149 Å². The van der Waals surface area contributed by atoms with Crippen molar-refractivity contribution in [2.75, 3.05) is 7.11 Å². The second-order valence-electron chi connectivity index (χ2n) is 6.60. The molecule has 0 spiro atoms. The fourth-order valence-electron chi connectivity index (χ4n) is 3.02. The second kappa shape index (κ2) is 7.17. The molecule has 0 unspecified atom stereocenters. The lowest BCUT2D eigenvalue weighted by atomic mass is 9.94. The van der Waals surface area contributed by atoms with Crippen LogP contribution in [-0.4, -0.2) is 20.7 Å². The van der Waals surface area contributed by atoms with E-state index < -0.39 is 16.1 Å². The highest BCUT2D eigenvalue weighted by Crippen LogP contribution is 2.32. The van der Waals surface area contributed by atoms with Crippen LogP contribution in [0, 0.1) is 20.8 Å². The molecule has 0 aliphatic rings. The van der Waals surface area contributed by atoms with Gasteiger partial charge < -0.3 is 9.26 Å². The highest BCUT2D eigenvalue weighted by molar-refractivity contribution is 7.89. The van der Waals surface area contributed by atoms with Gasteiger partial charge in [0.25, 0.3) is 0 Å². The monoisotopic (exact) mass is 366 g/mol. The van der Waals surface area contributed by atoms with Crippen LogP contribution in [0.1, 0.15) is 60.9 Å². The number of nitrogens with one attached hydrogen (secondary N) is 1. The molecule has 1 aromatic heterocycles. The first-order valence-corrected chi connectivity index (χ1v) is 9.70. The Morgan fingerprint density at radius 3 is 2.24 bits per heavy atom. The van der Waals surface area contributed by atoms with Crippen LogP contribution in [0.4, 0.5) is 0 Å². The maximum Gasteiger partial charge on any atom is 0.246 e. The number of aryl methyl sites for hydroxylation is 3. The molecule has 0 saturated heterocycles. The first-order valence-electron chi connectivity index (χ1n) is 8.22. The average molecular weight is 366 g/mol. The predicted octanol–water partition coefficient (Wildman–Crippen LogP) is 3.77. The first-order chi connectivity index (χ1) is 11.6. The molecule has 0 amide bonds. The summed E-state index contributed by atoms with van der Waals surface area (Å²) in [4.78, 5) is 0.106. The Kier molecular flexibility index (Phi) is 5.58. The van der Waals surface area contributed by atoms with E-state index in [1.54, 1.807) is 21.0 Å². The molecule has 0 fully saturated rings. The van der Waals surface area contributed by atoms with Crippen LogP contribution in [0.2, 0.25) is 0 Å². The van der Waals surface area contributed by atoms with Gasteiger partial charge in [0.2, 0.25) is 10.0 Å². The van der Waals surface area contributed by atoms with Crippen molar-refractivity contribution < 1.29 is 17.7 Å². The predicted molar refractivity (Wildman–Crippen MR) is 96.5 cm³/mol. The topological polar surface area (TPSA) is 81.4 Å². The molecular weight excluding hydrogens is 340 g/mol. The third kappa shape index (κ3) is 3.88. The van der Waals surface area contributed by atoms with Crippen LogP contribution in [0.25, 0.3) is 0 Å². The maximum atomic E-state index is 12.7. The highest BCUT2D eigenvalue weighted by Gasteiger charge is 2.27. The molecule has 0 aliphatic heterocycles. The summed E-state index contributed by atoms with van der Waals surface area (Å²) in [5.74, 6) is 1.37. The van der Waals surface area contributed by atoms with E-state index in [9.17, 15) is 8.42 Å². The summed E-state index contributed by atoms with van der Waals surface area (Å²) < 4.78 is 38.6. The Morgan fingerprint density at radius 2 is 1.76 bits per heavy atom. The normalized spacial score (nSPS) is 13.3. The number of methoxy groups -OCH3 is 1. The Hall–Kier alpha value is -1.86. The molecule has 138 valence electrons. The zero-order valence-corrected chi connectivity index (χ0v) is 16.6. The Morgan fingerprint density at radius 1 is 1.12 bits per heavy atom. The molecule has 1 N–H and O–H groups in total. The summed E-state index contributed by atoms with van der Waals surface area (Å²) >= 11 is 0. The molecule has 2 aromatic rings. The molecule has 1 aromatic carbocycles. The lowest BCUT2D eigenvalue weighted by molar-refractivity contribution is 0.390. The summed E-state index contributed by atoms with van der Waals surface area (Å²) in [7, 11) is -2.09. The smallest absolute Gasteiger partial charge is 0.246 e. The van der Waals surface area contributed by atoms with Gasteiger partial charge in [0.15, 0.2) is 5.76 Å². The molecular formula is C18H26N2O4S. The van der Waals surface area contributed by atoms with Crippen LogP contribution in [0.5, 0.6) is 5.75 Å². The van der Waals surface area contributed by atoms with Crippen molar-refractivity contribution in [3.8, 4) is 5.75 Å². The number of nitrogens with zero attached hydrogens (tertiary/aromatic N) is 1. The molecule has 25 heavy (non-hydrogen) atoms. The van der Waals surface area contributed by atoms with E-state index in [2.05, 4.69) is 23.7 Å². The third-order valence-corrected chi connectivity index (χ3v) is 6.06. The zero-order valence-electron chi connectivity index (χ0n) is 15.8. The standard InChI is InChI=1S/C18H26N2O4S/c1-10(2)15-9-16(11(3)8-17(15)23-7)12(4)20-25(21,22)18-13(5)19-24-14(18)6/h8-10,12,20H,1-7H3/t12-/m0/s1. The fourth-order valence-corrected chi connectivity index (χ4v) is 4.58. The molecule has 0 bridgehead atoms. The first kappa shape index (κ1) is 19.5. The summed E-state index contributed by atoms with van der Waals surface area (Å²) in [6.45, 7) is 11.1. The number of sulfonamides is 1. The fraction of sp³-hybridized carbons (Fsp3) is 0.500. The van der Waals surface area contributed by atoms with Gasteiger partial charge in [0.05, 0.1) is 7.11 Å². The molecule has 7 heteroatoms. The number of ether oxygens (including phenoxy) is 1. The summed E-state index contributed by atoms with van der Waals surface area (Å²) in [5.41, 5.74) is 3.29. The quantitative estimate of drug-likeness (QED) is 0.841. The van der Waals surface area contributed by atoms with Gasteiger partial charge in [-0.15, -0.1) is 0 Å². The van der Waals surface area contributed by atoms with Crippen LogP contribution in [0.15, 0.2) is 21.6 Å². The van der Waals surface area contributed by atoms with Crippen molar-refractivity contribution in [2.45, 2.75) is 58.4 Å². The van der Waals surface area contributed by atoms with Gasteiger partial charge >= 0.3 is 0 Å². The van der Waals surface area contributed by atoms with Crippen molar-refractivity contribution in [2.24, 2.45) is 0 Å². The second-order valence-corrected chi connectivity index (χ2v) is 8.25. The molecule has 1 heterocycles. The van der Waals surface area contributed by atoms with Crippen LogP contribution in [-0.2, 0) is 10.0 Å². The largest absolute Gasteiger partial charge is 0.496 e. The minimum Gasteiger partial charge on any atom is -0.496 e. The number of benzene rings is 1. The van der Waals surface area contributed by atoms with Crippen molar-refractivity contribution >= 4 is 10.0 Å². The van der Waals surface area contributed by atoms with Gasteiger partial charge in [-0.1, -0.05) is 19.0 Å². The van der Waals surface area contributed by atoms with Crippen LogP contribution < -0.4 is 9.46 Å². The van der Waals surface area contributed by atoms with E-state index in [0.717, 1.165) is 22.4 Å². The van der Waals surface area contributed by atoms with Gasteiger partial charge in [-0.05, 0) is 62.4 Å². The van der Waals surface area contributed by atoms with Crippen molar-refractivity contribution in [3.63, 3.8) is 0 Å². The van der Waals surface area contributed by atoms with Gasteiger partial charge in [0, 0.05) is 6.04 Å². The number of rotatable bonds is 6. The minimum absolute atomic E-state index is 0.106. The molecule has 0 radical (unpaired) electrons. The van der Waals surface area contributed by atoms with E-state index in [1.807, 2.05) is 26.0 Å². The Balaban J connectivity index is 2.41. The zero-order chi connectivity index (χ0) is 18.9. The molecule has 1 atom stereocenters. The van der Waals surface area contributed by atoms with E-state index >= 15 is 0 Å². The molecule has 0 aliphatic carbocycles. The van der Waals surface area contributed by atoms with E-state index in [4.69, 9.17) is 9.26 Å². The summed E-state index contributed by atoms with van der Waals surface area (Å²) in [6.07, 6.45) is 0. The van der Waals surface area contributed by atoms with Gasteiger partial charge in [-0.3, -0.25) is 0 Å². The minimum atomic E-state index is -3.73. The van der Waals surface area contributed by atoms with E-state index in [1.165, 1.54) is 0 Å². The number of hydrogen-bond acceptors (Lipinski definition) is 5. The van der Waals surface area contributed by atoms with Gasteiger partial charge in [0.1, 0.15) is 16.3 Å². The maximum absolute atomic E-state index is 12.7. The molecule has 2 rings (SSSR count). The number of hydrogen-bond donors (Lipinski definition) is 1. The molecule has 0 saturated carbocycles. The SMILES string of the molecule is COc1cc(C)c([C@H](C)NS(=O)(=O)c2c(C)noc2C)cc1C(C)C. The third-order valence-electron chi connectivity index (χ3n) is 4.28. The van der Waals surface area contributed by atoms with Crippen molar-refractivity contribution in [1.82, 2.24) is 9.88 Å². The lowest BCUT2D eigenvalue weighted by Gasteiger charge is -2.21. The van der Waals surface area contributed by atoms with Gasteiger partial charge in [-0.2, -0.15) is 0 Å². The van der Waals surface area contributed by atoms with E-state index in [0.29, 0.717) is 5.69 Å². The van der Waals surface area contributed by atoms with Gasteiger partial charge in [-0.25, -0.2) is 13.1 Å².